The van der Waals surface area contributed by atoms with E-state index >= 15 is 0 Å². The second kappa shape index (κ2) is 6.51. The van der Waals surface area contributed by atoms with E-state index in [1.807, 2.05) is 6.92 Å². The van der Waals surface area contributed by atoms with E-state index in [-0.39, 0.29) is 6.61 Å². The Hall–Kier alpha value is -1.48. The van der Waals surface area contributed by atoms with Crippen LogP contribution in [0.15, 0.2) is 11.6 Å². The zero-order valence-electron chi connectivity index (χ0n) is 18.4. The lowest BCUT2D eigenvalue weighted by Gasteiger charge is -2.59. The SMILES string of the molecule is CC(=O)O[C@@H]1C[C@@]2(C)C3(CO3)C1O[C@@H]1C=C(C)[C@@H](O)[C@@H](O)[C@@]12COC(=O)C(C)(C)C. The van der Waals surface area contributed by atoms with Gasteiger partial charge in [-0.25, -0.2) is 0 Å². The molecule has 4 rings (SSSR count). The van der Waals surface area contributed by atoms with Crippen molar-refractivity contribution < 1.29 is 38.7 Å². The van der Waals surface area contributed by atoms with Crippen molar-refractivity contribution in [3.8, 4) is 0 Å². The average Bonchev–Trinajstić information content (AvgIpc) is 3.40. The molecule has 168 valence electrons. The minimum atomic E-state index is -1.25. The van der Waals surface area contributed by atoms with Gasteiger partial charge >= 0.3 is 11.9 Å². The maximum atomic E-state index is 12.6. The number of esters is 2. The number of carbonyl (C=O) groups excluding carboxylic acids is 2. The second-order valence-electron chi connectivity index (χ2n) is 10.5. The molecule has 2 heterocycles. The van der Waals surface area contributed by atoms with Crippen molar-refractivity contribution in [1.29, 1.82) is 0 Å². The lowest BCUT2D eigenvalue weighted by atomic mass is 9.50. The van der Waals surface area contributed by atoms with E-state index in [1.54, 1.807) is 33.8 Å². The first-order chi connectivity index (χ1) is 13.8. The molecule has 1 saturated carbocycles. The van der Waals surface area contributed by atoms with Gasteiger partial charge in [-0.3, -0.25) is 9.59 Å². The number of aliphatic hydroxyl groups is 2. The number of ether oxygens (including phenoxy) is 4. The van der Waals surface area contributed by atoms with Crippen LogP contribution in [0.2, 0.25) is 0 Å². The van der Waals surface area contributed by atoms with Gasteiger partial charge in [0.25, 0.3) is 0 Å². The van der Waals surface area contributed by atoms with Gasteiger partial charge in [-0.15, -0.1) is 0 Å². The molecule has 8 heteroatoms. The topological polar surface area (TPSA) is 115 Å². The molecule has 0 aromatic rings. The maximum absolute atomic E-state index is 12.6. The Kier molecular flexibility index (Phi) is 4.72. The first kappa shape index (κ1) is 21.7. The summed E-state index contributed by atoms with van der Waals surface area (Å²) >= 11 is 0. The molecule has 8 nitrogen and oxygen atoms in total. The van der Waals surface area contributed by atoms with Crippen LogP contribution in [0.3, 0.4) is 0 Å². The van der Waals surface area contributed by atoms with Crippen molar-refractivity contribution in [3.05, 3.63) is 11.6 Å². The van der Waals surface area contributed by atoms with Gasteiger partial charge in [0.05, 0.1) is 29.6 Å². The Morgan fingerprint density at radius 2 is 1.93 bits per heavy atom. The van der Waals surface area contributed by atoms with E-state index in [4.69, 9.17) is 18.9 Å². The highest BCUT2D eigenvalue weighted by atomic mass is 16.7. The third kappa shape index (κ3) is 2.66. The molecule has 8 atom stereocenters. The molecule has 1 spiro atoms. The molecule has 3 fully saturated rings. The van der Waals surface area contributed by atoms with Crippen LogP contribution >= 0.6 is 0 Å². The summed E-state index contributed by atoms with van der Waals surface area (Å²) in [5, 5.41) is 22.2. The highest BCUT2D eigenvalue weighted by Gasteiger charge is 2.84. The lowest BCUT2D eigenvalue weighted by molar-refractivity contribution is -0.265. The molecule has 2 bridgehead atoms. The third-order valence-corrected chi connectivity index (χ3v) is 7.70. The van der Waals surface area contributed by atoms with Gasteiger partial charge in [-0.2, -0.15) is 0 Å². The van der Waals surface area contributed by atoms with Crippen LogP contribution in [-0.4, -0.2) is 71.5 Å². The molecule has 2 aliphatic carbocycles. The number of carbonyl (C=O) groups is 2. The van der Waals surface area contributed by atoms with Gasteiger partial charge in [0, 0.05) is 12.3 Å². The Morgan fingerprint density at radius 1 is 1.30 bits per heavy atom. The molecule has 0 radical (unpaired) electrons. The zero-order valence-corrected chi connectivity index (χ0v) is 18.4. The number of aliphatic hydroxyl groups excluding tert-OH is 2. The quantitative estimate of drug-likeness (QED) is 0.394. The van der Waals surface area contributed by atoms with E-state index in [0.29, 0.717) is 18.6 Å². The summed E-state index contributed by atoms with van der Waals surface area (Å²) in [6.07, 6.45) is -1.88. The summed E-state index contributed by atoms with van der Waals surface area (Å²) in [6, 6.07) is 0. The molecule has 0 aromatic heterocycles. The van der Waals surface area contributed by atoms with Gasteiger partial charge in [-0.05, 0) is 39.7 Å². The highest BCUT2D eigenvalue weighted by Crippen LogP contribution is 2.71. The summed E-state index contributed by atoms with van der Waals surface area (Å²) in [5.74, 6) is -0.825. The summed E-state index contributed by atoms with van der Waals surface area (Å²) < 4.78 is 23.6. The molecule has 30 heavy (non-hydrogen) atoms. The summed E-state index contributed by atoms with van der Waals surface area (Å²) in [5.41, 5.74) is -2.82. The molecule has 0 amide bonds. The lowest BCUT2D eigenvalue weighted by Crippen LogP contribution is -2.71. The number of rotatable bonds is 3. The molecule has 2 aliphatic heterocycles. The minimum absolute atomic E-state index is 0.142. The van der Waals surface area contributed by atoms with Crippen molar-refractivity contribution in [2.75, 3.05) is 13.2 Å². The van der Waals surface area contributed by atoms with Crippen LogP contribution in [0.1, 0.15) is 48.0 Å². The van der Waals surface area contributed by atoms with Crippen LogP contribution in [0, 0.1) is 16.2 Å². The Morgan fingerprint density at radius 3 is 2.47 bits per heavy atom. The average molecular weight is 424 g/mol. The van der Waals surface area contributed by atoms with Crippen LogP contribution in [0.4, 0.5) is 0 Å². The monoisotopic (exact) mass is 424 g/mol. The number of hydrogen-bond acceptors (Lipinski definition) is 8. The fraction of sp³-hybridized carbons (Fsp3) is 0.818. The van der Waals surface area contributed by atoms with Crippen molar-refractivity contribution in [3.63, 3.8) is 0 Å². The molecule has 4 aliphatic rings. The zero-order chi connectivity index (χ0) is 22.3. The van der Waals surface area contributed by atoms with Crippen molar-refractivity contribution >= 4 is 11.9 Å². The van der Waals surface area contributed by atoms with E-state index in [1.165, 1.54) is 6.92 Å². The highest BCUT2D eigenvalue weighted by molar-refractivity contribution is 5.75. The normalized spacial score (nSPS) is 46.8. The Bertz CT molecular complexity index is 793. The summed E-state index contributed by atoms with van der Waals surface area (Å²) in [4.78, 5) is 24.3. The number of hydrogen-bond donors (Lipinski definition) is 2. The van der Waals surface area contributed by atoms with Crippen LogP contribution in [0.25, 0.3) is 0 Å². The third-order valence-electron chi connectivity index (χ3n) is 7.70. The molecule has 0 aromatic carbocycles. The van der Waals surface area contributed by atoms with Gasteiger partial charge < -0.3 is 29.2 Å². The minimum Gasteiger partial charge on any atom is -0.464 e. The van der Waals surface area contributed by atoms with Gasteiger partial charge in [-0.1, -0.05) is 13.0 Å². The maximum Gasteiger partial charge on any atom is 0.311 e. The summed E-state index contributed by atoms with van der Waals surface area (Å²) in [6.45, 7) is 10.6. The largest absolute Gasteiger partial charge is 0.464 e. The fourth-order valence-electron chi connectivity index (χ4n) is 5.83. The van der Waals surface area contributed by atoms with Crippen molar-refractivity contribution in [2.45, 2.75) is 84.1 Å². The first-order valence-electron chi connectivity index (χ1n) is 10.5. The van der Waals surface area contributed by atoms with E-state index in [2.05, 4.69) is 0 Å². The van der Waals surface area contributed by atoms with Crippen LogP contribution < -0.4 is 0 Å². The molecular weight excluding hydrogens is 392 g/mol. The van der Waals surface area contributed by atoms with Gasteiger partial charge in [0.2, 0.25) is 0 Å². The standard InChI is InChI=1S/C22H32O8/c1-11-7-14-21(16(25)15(11)24,9-27-18(26)19(3,4)5)20(6)8-13(29-12(2)23)17(30-14)22(20)10-28-22/h7,13-17,24-25H,8-10H2,1-6H3/t13-,14-,15-,16-,17?,20-,21-,22?/m1/s1. The Labute approximate surface area is 176 Å². The fourth-order valence-corrected chi connectivity index (χ4v) is 5.83. The van der Waals surface area contributed by atoms with Gasteiger partial charge in [0.15, 0.2) is 0 Å². The summed E-state index contributed by atoms with van der Waals surface area (Å²) in [7, 11) is 0. The molecule has 2 saturated heterocycles. The van der Waals surface area contributed by atoms with E-state index in [0.717, 1.165) is 0 Å². The molecule has 2 unspecified atom stereocenters. The Balaban J connectivity index is 1.80. The van der Waals surface area contributed by atoms with Crippen molar-refractivity contribution in [2.24, 2.45) is 16.2 Å². The second-order valence-corrected chi connectivity index (χ2v) is 10.5. The smallest absolute Gasteiger partial charge is 0.311 e. The predicted molar refractivity (Wildman–Crippen MR) is 104 cm³/mol. The van der Waals surface area contributed by atoms with E-state index < -0.39 is 64.3 Å². The van der Waals surface area contributed by atoms with Crippen LogP contribution in [-0.2, 0) is 28.5 Å². The van der Waals surface area contributed by atoms with Gasteiger partial charge in [0.1, 0.15) is 30.5 Å². The van der Waals surface area contributed by atoms with Crippen LogP contribution in [0.5, 0.6) is 0 Å². The van der Waals surface area contributed by atoms with E-state index in [9.17, 15) is 19.8 Å². The molecule has 2 N–H and O–H groups in total. The number of fused-ring (bicyclic) bond motifs is 2. The first-order valence-corrected chi connectivity index (χ1v) is 10.5. The molecular formula is C22H32O8. The predicted octanol–water partition coefficient (Wildman–Crippen LogP) is 1.12. The van der Waals surface area contributed by atoms with Crippen molar-refractivity contribution in [1.82, 2.24) is 0 Å². The number of epoxide rings is 1.